The van der Waals surface area contributed by atoms with Gasteiger partial charge in [-0.05, 0) is 38.7 Å². The van der Waals surface area contributed by atoms with Crippen LogP contribution in [0.1, 0.15) is 50.7 Å². The predicted molar refractivity (Wildman–Crippen MR) is 84.4 cm³/mol. The number of benzene rings is 1. The van der Waals surface area contributed by atoms with E-state index in [1.165, 1.54) is 11.1 Å². The molecule has 0 aliphatic rings. The van der Waals surface area contributed by atoms with Crippen molar-refractivity contribution in [1.82, 2.24) is 4.90 Å². The first-order chi connectivity index (χ1) is 9.52. The summed E-state index contributed by atoms with van der Waals surface area (Å²) in [6, 6.07) is 8.58. The van der Waals surface area contributed by atoms with Gasteiger partial charge in [-0.3, -0.25) is 4.79 Å². The Morgan fingerprint density at radius 2 is 1.95 bits per heavy atom. The van der Waals surface area contributed by atoms with Gasteiger partial charge in [0.15, 0.2) is 0 Å². The summed E-state index contributed by atoms with van der Waals surface area (Å²) in [5, 5.41) is 0. The zero-order valence-corrected chi connectivity index (χ0v) is 13.1. The van der Waals surface area contributed by atoms with Crippen molar-refractivity contribution in [3.05, 3.63) is 35.4 Å². The first kappa shape index (κ1) is 16.7. The lowest BCUT2D eigenvalue weighted by molar-refractivity contribution is -0.132. The molecule has 2 N–H and O–H groups in total. The van der Waals surface area contributed by atoms with Gasteiger partial charge in [0.05, 0.1) is 0 Å². The third-order valence-corrected chi connectivity index (χ3v) is 3.39. The summed E-state index contributed by atoms with van der Waals surface area (Å²) in [5.74, 6) is 0.244. The van der Waals surface area contributed by atoms with Crippen LogP contribution < -0.4 is 5.73 Å². The third kappa shape index (κ3) is 6.20. The molecular weight excluding hydrogens is 248 g/mol. The highest BCUT2D eigenvalue weighted by Crippen LogP contribution is 2.10. The van der Waals surface area contributed by atoms with Crippen LogP contribution in [0.3, 0.4) is 0 Å². The van der Waals surface area contributed by atoms with E-state index in [0.29, 0.717) is 13.0 Å². The number of hydrogen-bond donors (Lipinski definition) is 1. The summed E-state index contributed by atoms with van der Waals surface area (Å²) in [6.45, 7) is 7.71. The molecule has 1 unspecified atom stereocenters. The Kier molecular flexibility index (Phi) is 7.31. The van der Waals surface area contributed by atoms with Gasteiger partial charge in [-0.1, -0.05) is 36.8 Å². The fraction of sp³-hybridized carbons (Fsp3) is 0.588. The van der Waals surface area contributed by atoms with E-state index >= 15 is 0 Å². The van der Waals surface area contributed by atoms with Gasteiger partial charge in [0, 0.05) is 25.6 Å². The van der Waals surface area contributed by atoms with Crippen LogP contribution in [0.15, 0.2) is 24.3 Å². The normalized spacial score (nSPS) is 12.2. The molecule has 1 aromatic carbocycles. The number of hydrogen-bond acceptors (Lipinski definition) is 2. The molecule has 0 radical (unpaired) electrons. The van der Waals surface area contributed by atoms with E-state index in [4.69, 9.17) is 5.73 Å². The second-order valence-electron chi connectivity index (χ2n) is 5.67. The number of aryl methyl sites for hydroxylation is 1. The van der Waals surface area contributed by atoms with Gasteiger partial charge in [0.2, 0.25) is 5.91 Å². The minimum atomic E-state index is 0.180. The Bertz CT molecular complexity index is 398. The lowest BCUT2D eigenvalue weighted by Gasteiger charge is -2.22. The van der Waals surface area contributed by atoms with Crippen molar-refractivity contribution in [2.75, 3.05) is 6.54 Å². The smallest absolute Gasteiger partial charge is 0.222 e. The highest BCUT2D eigenvalue weighted by molar-refractivity contribution is 5.76. The van der Waals surface area contributed by atoms with E-state index in [2.05, 4.69) is 38.1 Å². The largest absolute Gasteiger partial charge is 0.338 e. The average Bonchev–Trinajstić information content (AvgIpc) is 2.40. The first-order valence-electron chi connectivity index (χ1n) is 7.61. The van der Waals surface area contributed by atoms with Crippen LogP contribution in [0.25, 0.3) is 0 Å². The van der Waals surface area contributed by atoms with Crippen molar-refractivity contribution in [2.24, 2.45) is 5.73 Å². The van der Waals surface area contributed by atoms with E-state index in [-0.39, 0.29) is 11.9 Å². The fourth-order valence-electron chi connectivity index (χ4n) is 2.21. The number of amides is 1. The molecule has 3 nitrogen and oxygen atoms in total. The Morgan fingerprint density at radius 1 is 1.30 bits per heavy atom. The topological polar surface area (TPSA) is 46.3 Å². The predicted octanol–water partition coefficient (Wildman–Crippen LogP) is 3.25. The van der Waals surface area contributed by atoms with Crippen molar-refractivity contribution in [2.45, 2.75) is 59.0 Å². The SMILES string of the molecule is CCCN(Cc1ccc(C)cc1)C(=O)CCCC(C)N. The van der Waals surface area contributed by atoms with Crippen LogP contribution in [-0.2, 0) is 11.3 Å². The number of rotatable bonds is 8. The van der Waals surface area contributed by atoms with E-state index < -0.39 is 0 Å². The molecule has 20 heavy (non-hydrogen) atoms. The standard InChI is InChI=1S/C17H28N2O/c1-4-12-19(17(20)7-5-6-15(3)18)13-16-10-8-14(2)9-11-16/h8-11,15H,4-7,12-13,18H2,1-3H3. The molecule has 0 aromatic heterocycles. The molecule has 0 bridgehead atoms. The average molecular weight is 276 g/mol. The molecule has 0 spiro atoms. The number of carbonyl (C=O) groups is 1. The summed E-state index contributed by atoms with van der Waals surface area (Å²) >= 11 is 0. The van der Waals surface area contributed by atoms with Gasteiger partial charge in [-0.25, -0.2) is 0 Å². The lowest BCUT2D eigenvalue weighted by Crippen LogP contribution is -2.31. The van der Waals surface area contributed by atoms with E-state index in [1.54, 1.807) is 0 Å². The number of nitrogens with two attached hydrogens (primary N) is 1. The minimum Gasteiger partial charge on any atom is -0.338 e. The van der Waals surface area contributed by atoms with Gasteiger partial charge in [-0.2, -0.15) is 0 Å². The summed E-state index contributed by atoms with van der Waals surface area (Å²) in [4.78, 5) is 14.2. The maximum Gasteiger partial charge on any atom is 0.222 e. The molecule has 0 aliphatic heterocycles. The summed E-state index contributed by atoms with van der Waals surface area (Å²) in [5.41, 5.74) is 8.17. The van der Waals surface area contributed by atoms with Gasteiger partial charge in [0.1, 0.15) is 0 Å². The van der Waals surface area contributed by atoms with Crippen LogP contribution in [0.5, 0.6) is 0 Å². The van der Waals surface area contributed by atoms with Gasteiger partial charge in [-0.15, -0.1) is 0 Å². The van der Waals surface area contributed by atoms with Crippen molar-refractivity contribution >= 4 is 5.91 Å². The Balaban J connectivity index is 2.54. The van der Waals surface area contributed by atoms with E-state index in [1.807, 2.05) is 11.8 Å². The molecular formula is C17H28N2O. The summed E-state index contributed by atoms with van der Waals surface area (Å²) in [6.07, 6.45) is 3.39. The highest BCUT2D eigenvalue weighted by atomic mass is 16.2. The number of carbonyl (C=O) groups excluding carboxylic acids is 1. The van der Waals surface area contributed by atoms with Crippen molar-refractivity contribution in [3.63, 3.8) is 0 Å². The lowest BCUT2D eigenvalue weighted by atomic mass is 10.1. The van der Waals surface area contributed by atoms with Crippen LogP contribution in [-0.4, -0.2) is 23.4 Å². The van der Waals surface area contributed by atoms with Gasteiger partial charge in [0.25, 0.3) is 0 Å². The van der Waals surface area contributed by atoms with Crippen molar-refractivity contribution in [1.29, 1.82) is 0 Å². The molecule has 112 valence electrons. The van der Waals surface area contributed by atoms with Crippen molar-refractivity contribution < 1.29 is 4.79 Å². The van der Waals surface area contributed by atoms with Gasteiger partial charge >= 0.3 is 0 Å². The van der Waals surface area contributed by atoms with E-state index in [0.717, 1.165) is 25.8 Å². The number of nitrogens with zero attached hydrogens (tertiary/aromatic N) is 1. The fourth-order valence-corrected chi connectivity index (χ4v) is 2.21. The first-order valence-corrected chi connectivity index (χ1v) is 7.61. The minimum absolute atomic E-state index is 0.180. The maximum absolute atomic E-state index is 12.3. The molecule has 0 heterocycles. The molecule has 3 heteroatoms. The molecule has 0 saturated carbocycles. The summed E-state index contributed by atoms with van der Waals surface area (Å²) in [7, 11) is 0. The van der Waals surface area contributed by atoms with E-state index in [9.17, 15) is 4.79 Å². The van der Waals surface area contributed by atoms with Crippen LogP contribution in [0, 0.1) is 6.92 Å². The molecule has 1 atom stereocenters. The molecule has 1 aromatic rings. The molecule has 1 amide bonds. The highest BCUT2D eigenvalue weighted by Gasteiger charge is 2.13. The van der Waals surface area contributed by atoms with Crippen LogP contribution >= 0.6 is 0 Å². The zero-order chi connectivity index (χ0) is 15.0. The summed E-state index contributed by atoms with van der Waals surface area (Å²) < 4.78 is 0. The van der Waals surface area contributed by atoms with Crippen LogP contribution in [0.2, 0.25) is 0 Å². The third-order valence-electron chi connectivity index (χ3n) is 3.39. The molecule has 0 fully saturated rings. The van der Waals surface area contributed by atoms with Gasteiger partial charge < -0.3 is 10.6 Å². The Morgan fingerprint density at radius 3 is 2.50 bits per heavy atom. The second-order valence-corrected chi connectivity index (χ2v) is 5.67. The molecule has 1 rings (SSSR count). The monoisotopic (exact) mass is 276 g/mol. The van der Waals surface area contributed by atoms with Crippen molar-refractivity contribution in [3.8, 4) is 0 Å². The maximum atomic E-state index is 12.3. The Labute approximate surface area is 123 Å². The zero-order valence-electron chi connectivity index (χ0n) is 13.1. The molecule has 0 aliphatic carbocycles. The molecule has 0 saturated heterocycles. The Hall–Kier alpha value is -1.35. The quantitative estimate of drug-likeness (QED) is 0.792. The second kappa shape index (κ2) is 8.75. The van der Waals surface area contributed by atoms with Crippen LogP contribution in [0.4, 0.5) is 0 Å².